The highest BCUT2D eigenvalue weighted by Gasteiger charge is 2.05. The fourth-order valence-corrected chi connectivity index (χ4v) is 3.29. The predicted molar refractivity (Wildman–Crippen MR) is 86.9 cm³/mol. The zero-order valence-electron chi connectivity index (χ0n) is 12.3. The summed E-state index contributed by atoms with van der Waals surface area (Å²) in [5, 5.41) is 0.894. The van der Waals surface area contributed by atoms with Crippen molar-refractivity contribution >= 4 is 23.4 Å². The van der Waals surface area contributed by atoms with Crippen LogP contribution in [0.3, 0.4) is 0 Å². The number of hydrogen-bond donors (Lipinski definition) is 0. The number of halogens is 1. The van der Waals surface area contributed by atoms with Gasteiger partial charge in [0.05, 0.1) is 0 Å². The SMILES string of the molecule is CCCCCCCCSC[n+]1ccc(CC)c(Cl)c1. The molecule has 0 saturated carbocycles. The van der Waals surface area contributed by atoms with E-state index in [9.17, 15) is 0 Å². The van der Waals surface area contributed by atoms with Crippen molar-refractivity contribution in [2.75, 3.05) is 5.75 Å². The summed E-state index contributed by atoms with van der Waals surface area (Å²) in [4.78, 5) is 0. The summed E-state index contributed by atoms with van der Waals surface area (Å²) in [6.07, 6.45) is 13.5. The number of aryl methyl sites for hydroxylation is 1. The van der Waals surface area contributed by atoms with Crippen molar-refractivity contribution < 1.29 is 4.57 Å². The van der Waals surface area contributed by atoms with Crippen molar-refractivity contribution in [2.45, 2.75) is 64.7 Å². The molecule has 0 aliphatic rings. The summed E-state index contributed by atoms with van der Waals surface area (Å²) in [5.41, 5.74) is 1.24. The van der Waals surface area contributed by atoms with E-state index in [0.29, 0.717) is 0 Å². The second-order valence-corrected chi connectivity index (χ2v) is 6.47. The second kappa shape index (κ2) is 10.6. The topological polar surface area (TPSA) is 3.88 Å². The van der Waals surface area contributed by atoms with Crippen LogP contribution in [0.4, 0.5) is 0 Å². The molecule has 19 heavy (non-hydrogen) atoms. The Morgan fingerprint density at radius 3 is 2.53 bits per heavy atom. The van der Waals surface area contributed by atoms with Gasteiger partial charge >= 0.3 is 0 Å². The molecule has 0 saturated heterocycles. The Balaban J connectivity index is 2.11. The van der Waals surface area contributed by atoms with E-state index in [1.54, 1.807) is 0 Å². The van der Waals surface area contributed by atoms with Gasteiger partial charge in [-0.3, -0.25) is 0 Å². The molecular formula is C16H27ClNS+. The van der Waals surface area contributed by atoms with E-state index in [1.165, 1.54) is 49.8 Å². The standard InChI is InChI=1S/C16H27ClNS/c1-3-5-6-7-8-9-12-19-14-18-11-10-15(4-2)16(17)13-18/h10-11,13H,3-9,12,14H2,1-2H3/q+1. The van der Waals surface area contributed by atoms with Crippen molar-refractivity contribution in [1.82, 2.24) is 0 Å². The first-order valence-corrected chi connectivity index (χ1v) is 9.06. The lowest BCUT2D eigenvalue weighted by molar-refractivity contribution is -0.675. The fraction of sp³-hybridized carbons (Fsp3) is 0.688. The number of pyridine rings is 1. The number of thioether (sulfide) groups is 1. The summed E-state index contributed by atoms with van der Waals surface area (Å²) < 4.78 is 2.18. The molecular weight excluding hydrogens is 274 g/mol. The highest BCUT2D eigenvalue weighted by Crippen LogP contribution is 2.14. The average molecular weight is 301 g/mol. The third kappa shape index (κ3) is 7.22. The molecule has 0 amide bonds. The van der Waals surface area contributed by atoms with Crippen LogP contribution in [-0.4, -0.2) is 5.75 Å². The minimum atomic E-state index is 0.894. The molecule has 1 nitrogen and oxygen atoms in total. The van der Waals surface area contributed by atoms with Crippen LogP contribution in [-0.2, 0) is 12.3 Å². The van der Waals surface area contributed by atoms with E-state index in [4.69, 9.17) is 11.6 Å². The highest BCUT2D eigenvalue weighted by atomic mass is 35.5. The zero-order chi connectivity index (χ0) is 13.9. The summed E-state index contributed by atoms with van der Waals surface area (Å²) >= 11 is 8.21. The Hall–Kier alpha value is -0.210. The molecule has 0 radical (unpaired) electrons. The molecule has 108 valence electrons. The lowest BCUT2D eigenvalue weighted by atomic mass is 10.1. The minimum absolute atomic E-state index is 0.894. The summed E-state index contributed by atoms with van der Waals surface area (Å²) in [6.45, 7) is 4.40. The van der Waals surface area contributed by atoms with Crippen LogP contribution in [0, 0.1) is 0 Å². The van der Waals surface area contributed by atoms with Gasteiger partial charge in [0.25, 0.3) is 0 Å². The molecule has 0 N–H and O–H groups in total. The number of unbranched alkanes of at least 4 members (excludes halogenated alkanes) is 5. The maximum absolute atomic E-state index is 6.21. The normalized spacial score (nSPS) is 10.9. The van der Waals surface area contributed by atoms with E-state index in [1.807, 2.05) is 11.8 Å². The van der Waals surface area contributed by atoms with Gasteiger partial charge in [-0.25, -0.2) is 0 Å². The Morgan fingerprint density at radius 2 is 1.84 bits per heavy atom. The monoisotopic (exact) mass is 300 g/mol. The van der Waals surface area contributed by atoms with E-state index in [2.05, 4.69) is 36.9 Å². The van der Waals surface area contributed by atoms with Gasteiger partial charge in [0.15, 0.2) is 18.3 Å². The first-order valence-electron chi connectivity index (χ1n) is 7.53. The van der Waals surface area contributed by atoms with Gasteiger partial charge in [-0.2, -0.15) is 4.57 Å². The Labute approximate surface area is 127 Å². The summed E-state index contributed by atoms with van der Waals surface area (Å²) in [6, 6.07) is 2.13. The predicted octanol–water partition coefficient (Wildman–Crippen LogP) is 5.24. The van der Waals surface area contributed by atoms with Crippen molar-refractivity contribution in [3.63, 3.8) is 0 Å². The Bertz CT molecular complexity index is 355. The first kappa shape index (κ1) is 16.8. The van der Waals surface area contributed by atoms with Crippen LogP contribution in [0.15, 0.2) is 18.5 Å². The molecule has 0 bridgehead atoms. The molecule has 0 unspecified atom stereocenters. The van der Waals surface area contributed by atoms with Crippen LogP contribution in [0.25, 0.3) is 0 Å². The molecule has 0 spiro atoms. The molecule has 1 rings (SSSR count). The van der Waals surface area contributed by atoms with Crippen LogP contribution >= 0.6 is 23.4 Å². The van der Waals surface area contributed by atoms with Crippen molar-refractivity contribution in [1.29, 1.82) is 0 Å². The molecule has 0 aliphatic heterocycles. The maximum Gasteiger partial charge on any atom is 0.194 e. The molecule has 0 fully saturated rings. The van der Waals surface area contributed by atoms with Gasteiger partial charge in [0.1, 0.15) is 5.02 Å². The average Bonchev–Trinajstić information content (AvgIpc) is 2.42. The molecule has 1 aromatic heterocycles. The first-order chi connectivity index (χ1) is 9.27. The Kier molecular flexibility index (Phi) is 9.36. The van der Waals surface area contributed by atoms with Crippen molar-refractivity contribution in [2.24, 2.45) is 0 Å². The van der Waals surface area contributed by atoms with Crippen LogP contribution in [0.1, 0.15) is 57.9 Å². The second-order valence-electron chi connectivity index (χ2n) is 4.99. The number of hydrogen-bond acceptors (Lipinski definition) is 1. The maximum atomic E-state index is 6.21. The fourth-order valence-electron chi connectivity index (χ4n) is 2.06. The lowest BCUT2D eigenvalue weighted by Gasteiger charge is -2.02. The van der Waals surface area contributed by atoms with Gasteiger partial charge in [-0.1, -0.05) is 69.3 Å². The highest BCUT2D eigenvalue weighted by molar-refractivity contribution is 7.98. The molecule has 3 heteroatoms. The van der Waals surface area contributed by atoms with Crippen LogP contribution in [0.5, 0.6) is 0 Å². The molecule has 1 aromatic rings. The number of aromatic nitrogens is 1. The number of nitrogens with zero attached hydrogens (tertiary/aromatic N) is 1. The molecule has 1 heterocycles. The van der Waals surface area contributed by atoms with Crippen molar-refractivity contribution in [3.8, 4) is 0 Å². The molecule has 0 aromatic carbocycles. The van der Waals surface area contributed by atoms with Gasteiger partial charge < -0.3 is 0 Å². The summed E-state index contributed by atoms with van der Waals surface area (Å²) in [5.74, 6) is 2.27. The smallest absolute Gasteiger partial charge is 0.194 e. The van der Waals surface area contributed by atoms with Gasteiger partial charge in [0, 0.05) is 6.07 Å². The van der Waals surface area contributed by atoms with Crippen LogP contribution in [0.2, 0.25) is 5.02 Å². The van der Waals surface area contributed by atoms with Gasteiger partial charge in [0.2, 0.25) is 0 Å². The van der Waals surface area contributed by atoms with Gasteiger partial charge in [-0.15, -0.1) is 0 Å². The van der Waals surface area contributed by atoms with Crippen molar-refractivity contribution in [3.05, 3.63) is 29.0 Å². The molecule has 0 aliphatic carbocycles. The minimum Gasteiger partial charge on any atom is -0.194 e. The van der Waals surface area contributed by atoms with E-state index < -0.39 is 0 Å². The van der Waals surface area contributed by atoms with E-state index >= 15 is 0 Å². The third-order valence-corrected chi connectivity index (χ3v) is 4.72. The molecule has 0 atom stereocenters. The van der Waals surface area contributed by atoms with E-state index in [-0.39, 0.29) is 0 Å². The zero-order valence-corrected chi connectivity index (χ0v) is 13.9. The largest absolute Gasteiger partial charge is 0.194 e. The Morgan fingerprint density at radius 1 is 1.11 bits per heavy atom. The third-order valence-electron chi connectivity index (χ3n) is 3.32. The van der Waals surface area contributed by atoms with Gasteiger partial charge in [-0.05, 0) is 24.2 Å². The lowest BCUT2D eigenvalue weighted by Crippen LogP contribution is -2.31. The van der Waals surface area contributed by atoms with E-state index in [0.717, 1.165) is 17.3 Å². The number of rotatable bonds is 10. The summed E-state index contributed by atoms with van der Waals surface area (Å²) in [7, 11) is 0. The van der Waals surface area contributed by atoms with Crippen LogP contribution < -0.4 is 4.57 Å². The quantitative estimate of drug-likeness (QED) is 0.422.